The lowest BCUT2D eigenvalue weighted by Crippen LogP contribution is -2.21. The fourth-order valence-electron chi connectivity index (χ4n) is 2.87. The lowest BCUT2D eigenvalue weighted by atomic mass is 10.1. The maximum atomic E-state index is 9.47. The molecule has 0 bridgehead atoms. The Bertz CT molecular complexity index is 313. The second-order valence-electron chi connectivity index (χ2n) is 7.22. The summed E-state index contributed by atoms with van der Waals surface area (Å²) in [5, 5.41) is 9.47. The van der Waals surface area contributed by atoms with Crippen molar-refractivity contribution in [1.29, 1.82) is 0 Å². The van der Waals surface area contributed by atoms with Gasteiger partial charge in [0, 0.05) is 6.61 Å². The second-order valence-corrected chi connectivity index (χ2v) is 7.98. The van der Waals surface area contributed by atoms with Gasteiger partial charge in [0.05, 0.1) is 13.2 Å². The molecule has 0 rings (SSSR count). The Morgan fingerprint density at radius 3 is 1.81 bits per heavy atom. The van der Waals surface area contributed by atoms with Crippen molar-refractivity contribution in [3.63, 3.8) is 0 Å². The van der Waals surface area contributed by atoms with Crippen molar-refractivity contribution in [3.8, 4) is 0 Å². The zero-order valence-electron chi connectivity index (χ0n) is 17.4. The molecule has 5 nitrogen and oxygen atoms in total. The molecule has 0 fully saturated rings. The van der Waals surface area contributed by atoms with E-state index in [4.69, 9.17) is 14.5 Å². The summed E-state index contributed by atoms with van der Waals surface area (Å²) >= 11 is 0. The van der Waals surface area contributed by atoms with Gasteiger partial charge in [0.15, 0.2) is 0 Å². The van der Waals surface area contributed by atoms with E-state index in [0.717, 1.165) is 12.8 Å². The quantitative estimate of drug-likeness (QED) is 0.131. The molecule has 0 aromatic rings. The third-order valence-electron chi connectivity index (χ3n) is 4.49. The molecule has 3 N–H and O–H groups in total. The minimum absolute atomic E-state index is 0.105. The van der Waals surface area contributed by atoms with Crippen LogP contribution in [0.3, 0.4) is 0 Å². The van der Waals surface area contributed by atoms with Crippen LogP contribution in [0.2, 0.25) is 0 Å². The van der Waals surface area contributed by atoms with Gasteiger partial charge in [0.2, 0.25) is 0 Å². The molecule has 6 heteroatoms. The number of rotatable bonds is 21. The minimum Gasteiger partial charge on any atom is -0.388 e. The largest absolute Gasteiger partial charge is 0.388 e. The van der Waals surface area contributed by atoms with Gasteiger partial charge >= 0.3 is 8.60 Å². The molecule has 0 unspecified atom stereocenters. The van der Waals surface area contributed by atoms with Gasteiger partial charge in [-0.05, 0) is 32.1 Å². The molecule has 0 amide bonds. The minimum atomic E-state index is -2.39. The first-order valence-electron chi connectivity index (χ1n) is 10.9. The monoisotopic (exact) mass is 406 g/mol. The van der Waals surface area contributed by atoms with Gasteiger partial charge in [-0.2, -0.15) is 0 Å². The number of aliphatic hydroxyl groups excluding tert-OH is 1. The highest BCUT2D eigenvalue weighted by Gasteiger charge is 2.07. The molecule has 0 spiro atoms. The zero-order chi connectivity index (χ0) is 20.0. The molecular weight excluding hydrogens is 363 g/mol. The van der Waals surface area contributed by atoms with Crippen LogP contribution in [0.4, 0.5) is 0 Å². The van der Waals surface area contributed by atoms with Gasteiger partial charge in [-0.15, -0.1) is 0 Å². The van der Waals surface area contributed by atoms with E-state index in [1.54, 1.807) is 0 Å². The van der Waals surface area contributed by atoms with Crippen LogP contribution in [0.5, 0.6) is 0 Å². The van der Waals surface area contributed by atoms with E-state index in [0.29, 0.717) is 6.61 Å². The van der Waals surface area contributed by atoms with Crippen molar-refractivity contribution >= 4 is 8.60 Å². The Hall–Kier alpha value is -0.0300. The summed E-state index contributed by atoms with van der Waals surface area (Å²) in [6, 6.07) is 0. The summed E-state index contributed by atoms with van der Waals surface area (Å²) in [7, 11) is -2.39. The topological polar surface area (TPSA) is 79.2 Å². The Morgan fingerprint density at radius 1 is 0.741 bits per heavy atom. The third kappa shape index (κ3) is 23.9. The molecule has 0 aliphatic heterocycles. The molecule has 0 aromatic carbocycles. The predicted molar refractivity (Wildman–Crippen MR) is 114 cm³/mol. The van der Waals surface area contributed by atoms with Crippen LogP contribution < -0.4 is 0 Å². The van der Waals surface area contributed by atoms with Crippen molar-refractivity contribution in [3.05, 3.63) is 12.2 Å². The molecule has 0 radical (unpaired) electrons. The van der Waals surface area contributed by atoms with Crippen LogP contribution in [0.1, 0.15) is 96.8 Å². The summed E-state index contributed by atoms with van der Waals surface area (Å²) in [6.07, 6.45) is 21.8. The van der Waals surface area contributed by atoms with Crippen LogP contribution in [-0.4, -0.2) is 40.8 Å². The third-order valence-corrected chi connectivity index (χ3v) is 4.87. The van der Waals surface area contributed by atoms with E-state index in [-0.39, 0.29) is 13.2 Å². The maximum Gasteiger partial charge on any atom is 0.327 e. The average molecular weight is 407 g/mol. The normalized spacial score (nSPS) is 13.1. The van der Waals surface area contributed by atoms with Crippen molar-refractivity contribution in [2.75, 3.05) is 19.8 Å². The van der Waals surface area contributed by atoms with E-state index in [1.807, 2.05) is 0 Å². The maximum absolute atomic E-state index is 9.47. The first-order chi connectivity index (χ1) is 13.2. The Kier molecular flexibility index (Phi) is 22.2. The first kappa shape index (κ1) is 27.0. The molecule has 162 valence electrons. The molecule has 0 saturated heterocycles. The lowest BCUT2D eigenvalue weighted by molar-refractivity contribution is 0.00866. The first-order valence-corrected chi connectivity index (χ1v) is 12.0. The standard InChI is InChI=1S/C21H43O5P/c1-2-3-4-5-6-7-8-9-10-11-12-13-14-15-16-17-18-25-19-21(22)20-26-27(23)24/h9-10,21-24H,2-8,11-20H2,1H3/b10-9-/t21-/m1/s1. The number of allylic oxidation sites excluding steroid dienone is 2. The Labute approximate surface area is 168 Å². The van der Waals surface area contributed by atoms with Crippen molar-refractivity contribution in [2.24, 2.45) is 0 Å². The van der Waals surface area contributed by atoms with Gasteiger partial charge in [-0.1, -0.05) is 76.9 Å². The summed E-state index contributed by atoms with van der Waals surface area (Å²) in [5.41, 5.74) is 0. The van der Waals surface area contributed by atoms with Gasteiger partial charge in [0.25, 0.3) is 0 Å². The van der Waals surface area contributed by atoms with E-state index in [1.165, 1.54) is 77.0 Å². The van der Waals surface area contributed by atoms with E-state index >= 15 is 0 Å². The molecule has 0 heterocycles. The van der Waals surface area contributed by atoms with Gasteiger partial charge in [0.1, 0.15) is 6.10 Å². The zero-order valence-corrected chi connectivity index (χ0v) is 18.3. The van der Waals surface area contributed by atoms with Crippen LogP contribution in [0, 0.1) is 0 Å². The molecule has 0 aliphatic carbocycles. The number of hydrogen-bond donors (Lipinski definition) is 3. The van der Waals surface area contributed by atoms with E-state index in [2.05, 4.69) is 23.6 Å². The van der Waals surface area contributed by atoms with Crippen molar-refractivity contribution in [1.82, 2.24) is 0 Å². The molecule has 0 aromatic heterocycles. The highest BCUT2D eigenvalue weighted by Crippen LogP contribution is 2.24. The lowest BCUT2D eigenvalue weighted by Gasteiger charge is -2.11. The average Bonchev–Trinajstić information content (AvgIpc) is 2.65. The fraction of sp³-hybridized carbons (Fsp3) is 0.905. The number of aliphatic hydroxyl groups is 1. The summed E-state index contributed by atoms with van der Waals surface area (Å²) in [5.74, 6) is 0. The summed E-state index contributed by atoms with van der Waals surface area (Å²) < 4.78 is 9.88. The smallest absolute Gasteiger partial charge is 0.327 e. The number of ether oxygens (including phenoxy) is 1. The SMILES string of the molecule is CCCCCCCC/C=C\CCCCCCCCOC[C@@H](O)COP(O)O. The van der Waals surface area contributed by atoms with Gasteiger partial charge < -0.3 is 24.2 Å². The summed E-state index contributed by atoms with van der Waals surface area (Å²) in [6.45, 7) is 2.96. The summed E-state index contributed by atoms with van der Waals surface area (Å²) in [4.78, 5) is 17.1. The van der Waals surface area contributed by atoms with Crippen LogP contribution in [0.15, 0.2) is 12.2 Å². The van der Waals surface area contributed by atoms with Crippen LogP contribution in [0.25, 0.3) is 0 Å². The van der Waals surface area contributed by atoms with Gasteiger partial charge in [-0.25, -0.2) is 0 Å². The number of unbranched alkanes of at least 4 members (excludes halogenated alkanes) is 12. The van der Waals surface area contributed by atoms with Crippen LogP contribution in [-0.2, 0) is 9.26 Å². The fourth-order valence-corrected chi connectivity index (χ4v) is 3.18. The van der Waals surface area contributed by atoms with Crippen molar-refractivity contribution in [2.45, 2.75) is 103 Å². The van der Waals surface area contributed by atoms with E-state index < -0.39 is 14.7 Å². The van der Waals surface area contributed by atoms with Gasteiger partial charge in [-0.3, -0.25) is 0 Å². The van der Waals surface area contributed by atoms with Crippen molar-refractivity contribution < 1.29 is 24.2 Å². The Balaban J connectivity index is 3.15. The molecule has 27 heavy (non-hydrogen) atoms. The van der Waals surface area contributed by atoms with E-state index in [9.17, 15) is 5.11 Å². The highest BCUT2D eigenvalue weighted by molar-refractivity contribution is 7.39. The number of hydrogen-bond acceptors (Lipinski definition) is 5. The highest BCUT2D eigenvalue weighted by atomic mass is 31.2. The second kappa shape index (κ2) is 22.3. The van der Waals surface area contributed by atoms with Crippen LogP contribution >= 0.6 is 8.60 Å². The molecule has 0 saturated carbocycles. The molecule has 0 aliphatic rings. The molecular formula is C21H43O5P. The predicted octanol–water partition coefficient (Wildman–Crippen LogP) is 5.63. The Morgan fingerprint density at radius 2 is 1.26 bits per heavy atom. The molecule has 1 atom stereocenters.